The van der Waals surface area contributed by atoms with E-state index in [0.717, 1.165) is 36.8 Å². The SMILES string of the molecule is COc1cc(OC)c(OC)cc1CN=C(N)N1CCN(c2ccc(Cl)cc2)CC1. The monoisotopic (exact) mass is 418 g/mol. The fourth-order valence-corrected chi connectivity index (χ4v) is 3.45. The molecule has 29 heavy (non-hydrogen) atoms. The van der Waals surface area contributed by atoms with Gasteiger partial charge in [-0.15, -0.1) is 0 Å². The molecular weight excluding hydrogens is 392 g/mol. The second-order valence-electron chi connectivity index (χ2n) is 6.64. The van der Waals surface area contributed by atoms with Crippen LogP contribution in [-0.4, -0.2) is 58.4 Å². The third-order valence-corrected chi connectivity index (χ3v) is 5.25. The molecule has 8 heteroatoms. The molecule has 156 valence electrons. The van der Waals surface area contributed by atoms with Gasteiger partial charge in [-0.25, -0.2) is 4.99 Å². The van der Waals surface area contributed by atoms with Gasteiger partial charge in [0.05, 0.1) is 27.9 Å². The second-order valence-corrected chi connectivity index (χ2v) is 7.08. The minimum absolute atomic E-state index is 0.396. The van der Waals surface area contributed by atoms with Crippen LogP contribution < -0.4 is 24.8 Å². The molecule has 0 aliphatic carbocycles. The minimum Gasteiger partial charge on any atom is -0.496 e. The van der Waals surface area contributed by atoms with E-state index in [1.807, 2.05) is 30.3 Å². The summed E-state index contributed by atoms with van der Waals surface area (Å²) in [4.78, 5) is 8.99. The van der Waals surface area contributed by atoms with Crippen molar-refractivity contribution in [3.8, 4) is 17.2 Å². The quantitative estimate of drug-likeness (QED) is 0.574. The molecule has 1 aliphatic rings. The van der Waals surface area contributed by atoms with Gasteiger partial charge in [0.2, 0.25) is 0 Å². The van der Waals surface area contributed by atoms with Gasteiger partial charge < -0.3 is 29.7 Å². The van der Waals surface area contributed by atoms with Gasteiger partial charge in [-0.1, -0.05) is 11.6 Å². The van der Waals surface area contributed by atoms with Crippen LogP contribution in [0.4, 0.5) is 5.69 Å². The number of hydrogen-bond acceptors (Lipinski definition) is 5. The van der Waals surface area contributed by atoms with Crippen LogP contribution in [0.1, 0.15) is 5.56 Å². The van der Waals surface area contributed by atoms with Crippen LogP contribution in [0.3, 0.4) is 0 Å². The number of aliphatic imine (C=N–C) groups is 1. The number of halogens is 1. The molecular formula is C21H27ClN4O3. The van der Waals surface area contributed by atoms with Gasteiger partial charge in [0, 0.05) is 48.5 Å². The van der Waals surface area contributed by atoms with E-state index in [1.54, 1.807) is 27.4 Å². The maximum atomic E-state index is 6.26. The van der Waals surface area contributed by atoms with Crippen LogP contribution in [0.15, 0.2) is 41.4 Å². The summed E-state index contributed by atoms with van der Waals surface area (Å²) in [6.45, 7) is 3.75. The third-order valence-electron chi connectivity index (χ3n) is 4.99. The molecule has 0 amide bonds. The van der Waals surface area contributed by atoms with Crippen LogP contribution in [0.5, 0.6) is 17.2 Å². The summed E-state index contributed by atoms with van der Waals surface area (Å²) < 4.78 is 16.2. The van der Waals surface area contributed by atoms with Crippen LogP contribution in [0.25, 0.3) is 0 Å². The largest absolute Gasteiger partial charge is 0.496 e. The van der Waals surface area contributed by atoms with Crippen molar-refractivity contribution in [2.24, 2.45) is 10.7 Å². The van der Waals surface area contributed by atoms with Crippen molar-refractivity contribution in [3.63, 3.8) is 0 Å². The molecule has 0 saturated carbocycles. The highest BCUT2D eigenvalue weighted by molar-refractivity contribution is 6.30. The van der Waals surface area contributed by atoms with E-state index in [0.29, 0.717) is 29.8 Å². The van der Waals surface area contributed by atoms with Gasteiger partial charge in [0.25, 0.3) is 0 Å². The first-order valence-electron chi connectivity index (χ1n) is 9.40. The van der Waals surface area contributed by atoms with E-state index in [9.17, 15) is 0 Å². The Morgan fingerprint density at radius 1 is 0.931 bits per heavy atom. The highest BCUT2D eigenvalue weighted by Crippen LogP contribution is 2.35. The molecule has 1 aliphatic heterocycles. The summed E-state index contributed by atoms with van der Waals surface area (Å²) >= 11 is 5.98. The predicted molar refractivity (Wildman–Crippen MR) is 117 cm³/mol. The summed E-state index contributed by atoms with van der Waals surface area (Å²) in [7, 11) is 4.82. The molecule has 1 fully saturated rings. The number of benzene rings is 2. The molecule has 2 aromatic rings. The second kappa shape index (κ2) is 9.60. The summed E-state index contributed by atoms with van der Waals surface area (Å²) in [5.41, 5.74) is 8.31. The molecule has 0 radical (unpaired) electrons. The van der Waals surface area contributed by atoms with Crippen molar-refractivity contribution in [1.82, 2.24) is 4.90 Å². The van der Waals surface area contributed by atoms with Crippen LogP contribution in [-0.2, 0) is 6.54 Å². The molecule has 0 aromatic heterocycles. The lowest BCUT2D eigenvalue weighted by molar-refractivity contribution is 0.347. The molecule has 3 rings (SSSR count). The minimum atomic E-state index is 0.396. The number of anilines is 1. The van der Waals surface area contributed by atoms with Crippen LogP contribution in [0, 0.1) is 0 Å². The first-order chi connectivity index (χ1) is 14.0. The summed E-state index contributed by atoms with van der Waals surface area (Å²) in [5.74, 6) is 2.46. The number of hydrogen-bond donors (Lipinski definition) is 1. The van der Waals surface area contributed by atoms with E-state index < -0.39 is 0 Å². The molecule has 0 bridgehead atoms. The number of nitrogens with zero attached hydrogens (tertiary/aromatic N) is 3. The van der Waals surface area contributed by atoms with Crippen molar-refractivity contribution in [1.29, 1.82) is 0 Å². The smallest absolute Gasteiger partial charge is 0.191 e. The normalized spacial score (nSPS) is 14.7. The average molecular weight is 419 g/mol. The van der Waals surface area contributed by atoms with Crippen molar-refractivity contribution >= 4 is 23.2 Å². The number of methoxy groups -OCH3 is 3. The molecule has 2 aromatic carbocycles. The van der Waals surface area contributed by atoms with E-state index in [4.69, 9.17) is 31.5 Å². The Morgan fingerprint density at radius 2 is 1.52 bits per heavy atom. The number of piperazine rings is 1. The van der Waals surface area contributed by atoms with E-state index in [1.165, 1.54) is 5.69 Å². The Balaban J connectivity index is 1.64. The fourth-order valence-electron chi connectivity index (χ4n) is 3.33. The molecule has 2 N–H and O–H groups in total. The van der Waals surface area contributed by atoms with Crippen molar-refractivity contribution < 1.29 is 14.2 Å². The number of rotatable bonds is 6. The molecule has 0 unspecified atom stereocenters. The zero-order valence-electron chi connectivity index (χ0n) is 17.0. The molecule has 1 heterocycles. The number of nitrogens with two attached hydrogens (primary N) is 1. The first kappa shape index (κ1) is 20.9. The number of guanidine groups is 1. The topological polar surface area (TPSA) is 72.5 Å². The number of ether oxygens (including phenoxy) is 3. The zero-order chi connectivity index (χ0) is 20.8. The molecule has 1 saturated heterocycles. The molecule has 0 atom stereocenters. The Bertz CT molecular complexity index is 850. The van der Waals surface area contributed by atoms with Gasteiger partial charge in [-0.3, -0.25) is 0 Å². The van der Waals surface area contributed by atoms with Gasteiger partial charge in [-0.05, 0) is 30.3 Å². The lowest BCUT2D eigenvalue weighted by Crippen LogP contribution is -2.51. The average Bonchev–Trinajstić information content (AvgIpc) is 2.77. The lowest BCUT2D eigenvalue weighted by Gasteiger charge is -2.36. The standard InChI is InChI=1S/C21H27ClN4O3/c1-27-18-13-20(29-3)19(28-2)12-15(18)14-24-21(23)26-10-8-25(9-11-26)17-6-4-16(22)5-7-17/h4-7,12-13H,8-11,14H2,1-3H3,(H2,23,24). The van der Waals surface area contributed by atoms with Crippen molar-refractivity contribution in [2.75, 3.05) is 52.4 Å². The predicted octanol–water partition coefficient (Wildman–Crippen LogP) is 3.00. The van der Waals surface area contributed by atoms with Gasteiger partial charge in [0.15, 0.2) is 17.5 Å². The Hall–Kier alpha value is -2.80. The lowest BCUT2D eigenvalue weighted by atomic mass is 10.1. The van der Waals surface area contributed by atoms with Gasteiger partial charge >= 0.3 is 0 Å². The van der Waals surface area contributed by atoms with Crippen molar-refractivity contribution in [3.05, 3.63) is 47.0 Å². The van der Waals surface area contributed by atoms with E-state index >= 15 is 0 Å². The summed E-state index contributed by atoms with van der Waals surface area (Å²) in [6, 6.07) is 11.6. The van der Waals surface area contributed by atoms with Crippen LogP contribution in [0.2, 0.25) is 5.02 Å². The van der Waals surface area contributed by atoms with Gasteiger partial charge in [-0.2, -0.15) is 0 Å². The maximum absolute atomic E-state index is 6.26. The highest BCUT2D eigenvalue weighted by Gasteiger charge is 2.19. The fraction of sp³-hybridized carbons (Fsp3) is 0.381. The first-order valence-corrected chi connectivity index (χ1v) is 9.77. The molecule has 7 nitrogen and oxygen atoms in total. The van der Waals surface area contributed by atoms with E-state index in [-0.39, 0.29) is 0 Å². The zero-order valence-corrected chi connectivity index (χ0v) is 17.8. The summed E-state index contributed by atoms with van der Waals surface area (Å²) in [6.07, 6.45) is 0. The van der Waals surface area contributed by atoms with Crippen molar-refractivity contribution in [2.45, 2.75) is 6.54 Å². The van der Waals surface area contributed by atoms with Crippen LogP contribution >= 0.6 is 11.6 Å². The molecule has 0 spiro atoms. The highest BCUT2D eigenvalue weighted by atomic mass is 35.5. The summed E-state index contributed by atoms with van der Waals surface area (Å²) in [5, 5.41) is 0.745. The third kappa shape index (κ3) is 4.98. The van der Waals surface area contributed by atoms with E-state index in [2.05, 4.69) is 14.8 Å². The Morgan fingerprint density at radius 3 is 2.10 bits per heavy atom. The Kier molecular flexibility index (Phi) is 6.93. The maximum Gasteiger partial charge on any atom is 0.191 e. The Labute approximate surface area is 176 Å². The van der Waals surface area contributed by atoms with Gasteiger partial charge in [0.1, 0.15) is 5.75 Å².